The van der Waals surface area contributed by atoms with Crippen LogP contribution in [0.5, 0.6) is 5.75 Å². The molecule has 2 aromatic carbocycles. The minimum Gasteiger partial charge on any atom is -0.483 e. The summed E-state index contributed by atoms with van der Waals surface area (Å²) in [6, 6.07) is 8.36. The maximum Gasteiger partial charge on any atom is 0.151 e. The first-order valence-electron chi connectivity index (χ1n) is 9.86. The minimum atomic E-state index is -0.674. The van der Waals surface area contributed by atoms with E-state index in [1.54, 1.807) is 6.07 Å². The number of nitrogens with one attached hydrogen (secondary N) is 1. The van der Waals surface area contributed by atoms with Crippen LogP contribution in [0.25, 0.3) is 10.9 Å². The van der Waals surface area contributed by atoms with Gasteiger partial charge in [-0.15, -0.1) is 0 Å². The van der Waals surface area contributed by atoms with Crippen LogP contribution < -0.4 is 10.1 Å². The Morgan fingerprint density at radius 2 is 1.93 bits per heavy atom. The fourth-order valence-electron chi connectivity index (χ4n) is 4.20. The summed E-state index contributed by atoms with van der Waals surface area (Å²) in [6.45, 7) is 4.49. The molecule has 30 heavy (non-hydrogen) atoms. The second-order valence-corrected chi connectivity index (χ2v) is 7.78. The van der Waals surface area contributed by atoms with Gasteiger partial charge >= 0.3 is 0 Å². The van der Waals surface area contributed by atoms with Crippen molar-refractivity contribution in [1.82, 2.24) is 9.97 Å². The van der Waals surface area contributed by atoms with Gasteiger partial charge in [0.25, 0.3) is 0 Å². The molecule has 2 N–H and O–H groups in total. The quantitative estimate of drug-likeness (QED) is 0.683. The molecule has 2 aliphatic rings. The zero-order chi connectivity index (χ0) is 20.8. The maximum absolute atomic E-state index is 14.0. The molecule has 2 aliphatic heterocycles. The second kappa shape index (κ2) is 7.46. The summed E-state index contributed by atoms with van der Waals surface area (Å²) >= 11 is 0. The van der Waals surface area contributed by atoms with E-state index in [4.69, 9.17) is 14.2 Å². The molecule has 0 saturated carbocycles. The third kappa shape index (κ3) is 3.36. The second-order valence-electron chi connectivity index (χ2n) is 7.78. The molecule has 3 aromatic rings. The van der Waals surface area contributed by atoms with Gasteiger partial charge in [-0.05, 0) is 43.2 Å². The van der Waals surface area contributed by atoms with Crippen LogP contribution in [0.1, 0.15) is 11.1 Å². The molecule has 7 nitrogen and oxygen atoms in total. The van der Waals surface area contributed by atoms with Crippen molar-refractivity contribution in [2.24, 2.45) is 0 Å². The number of aliphatic hydroxyl groups is 1. The number of halogens is 1. The van der Waals surface area contributed by atoms with E-state index in [1.165, 1.54) is 18.5 Å². The Kier molecular flexibility index (Phi) is 4.77. The number of ether oxygens (including phenoxy) is 3. The Morgan fingerprint density at radius 1 is 1.10 bits per heavy atom. The normalized spacial score (nSPS) is 25.5. The van der Waals surface area contributed by atoms with Crippen LogP contribution in [0.3, 0.4) is 0 Å². The van der Waals surface area contributed by atoms with Crippen LogP contribution in [-0.2, 0) is 9.47 Å². The lowest BCUT2D eigenvalue weighted by Crippen LogP contribution is -2.34. The molecule has 3 heterocycles. The summed E-state index contributed by atoms with van der Waals surface area (Å²) in [5.41, 5.74) is 3.55. The number of aliphatic hydroxyl groups excluding tert-OH is 1. The van der Waals surface area contributed by atoms with Crippen molar-refractivity contribution < 1.29 is 23.7 Å². The molecule has 4 atom stereocenters. The molecule has 8 heteroatoms. The molecule has 0 amide bonds. The van der Waals surface area contributed by atoms with Crippen molar-refractivity contribution in [2.45, 2.75) is 38.3 Å². The van der Waals surface area contributed by atoms with E-state index in [-0.39, 0.29) is 19.3 Å². The van der Waals surface area contributed by atoms with Gasteiger partial charge in [0.05, 0.1) is 24.4 Å². The lowest BCUT2D eigenvalue weighted by Gasteiger charge is -2.21. The van der Waals surface area contributed by atoms with Crippen molar-refractivity contribution >= 4 is 22.4 Å². The Hall–Kier alpha value is -2.81. The van der Waals surface area contributed by atoms with Crippen LogP contribution in [0.4, 0.5) is 15.9 Å². The maximum atomic E-state index is 14.0. The molecule has 0 unspecified atom stereocenters. The van der Waals surface area contributed by atoms with Gasteiger partial charge in [0.15, 0.2) is 6.10 Å². The van der Waals surface area contributed by atoms with Crippen molar-refractivity contribution in [3.05, 3.63) is 53.6 Å². The fourth-order valence-corrected chi connectivity index (χ4v) is 4.20. The largest absolute Gasteiger partial charge is 0.483 e. The highest BCUT2D eigenvalue weighted by atomic mass is 19.1. The van der Waals surface area contributed by atoms with Crippen LogP contribution in [0, 0.1) is 19.7 Å². The van der Waals surface area contributed by atoms with E-state index in [2.05, 4.69) is 21.4 Å². The molecular formula is C22H22FN3O4. The third-order valence-electron chi connectivity index (χ3n) is 5.54. The number of hydrogen-bond donors (Lipinski definition) is 2. The van der Waals surface area contributed by atoms with Gasteiger partial charge < -0.3 is 24.6 Å². The summed E-state index contributed by atoms with van der Waals surface area (Å²) < 4.78 is 31.3. The highest BCUT2D eigenvalue weighted by Gasteiger charge is 2.48. The first kappa shape index (κ1) is 19.2. The van der Waals surface area contributed by atoms with E-state index >= 15 is 0 Å². The number of nitrogens with zero attached hydrogens (tertiary/aromatic N) is 2. The Labute approximate surface area is 172 Å². The lowest BCUT2D eigenvalue weighted by molar-refractivity contribution is 0.00871. The van der Waals surface area contributed by atoms with E-state index in [0.717, 1.165) is 22.0 Å². The number of fused-ring (bicyclic) bond motifs is 2. The Bertz CT molecular complexity index is 1110. The summed E-state index contributed by atoms with van der Waals surface area (Å²) in [4.78, 5) is 8.77. The molecule has 2 fully saturated rings. The topological polar surface area (TPSA) is 85.7 Å². The predicted octanol–water partition coefficient (Wildman–Crippen LogP) is 3.04. The van der Waals surface area contributed by atoms with Gasteiger partial charge in [-0.2, -0.15) is 0 Å². The van der Waals surface area contributed by atoms with E-state index in [9.17, 15) is 9.50 Å². The van der Waals surface area contributed by atoms with Crippen LogP contribution in [-0.4, -0.2) is 52.7 Å². The SMILES string of the molecule is Cc1cc(C)c2c(Nc3ccc(F)cc3O[C@H]3CO[C@H]4[C@@H]3OC[C@@H]4O)ncnc2c1. The summed E-state index contributed by atoms with van der Waals surface area (Å²) in [5, 5.41) is 14.1. The monoisotopic (exact) mass is 411 g/mol. The van der Waals surface area contributed by atoms with Crippen LogP contribution in [0.2, 0.25) is 0 Å². The number of aromatic nitrogens is 2. The van der Waals surface area contributed by atoms with Crippen LogP contribution in [0.15, 0.2) is 36.7 Å². The third-order valence-corrected chi connectivity index (χ3v) is 5.54. The first-order valence-corrected chi connectivity index (χ1v) is 9.86. The predicted molar refractivity (Wildman–Crippen MR) is 109 cm³/mol. The van der Waals surface area contributed by atoms with Crippen molar-refractivity contribution in [3.63, 3.8) is 0 Å². The van der Waals surface area contributed by atoms with Gasteiger partial charge in [0.1, 0.15) is 42.0 Å². The van der Waals surface area contributed by atoms with Crippen LogP contribution >= 0.6 is 0 Å². The molecule has 0 bridgehead atoms. The number of hydrogen-bond acceptors (Lipinski definition) is 7. The summed E-state index contributed by atoms with van der Waals surface area (Å²) in [5.74, 6) is 0.519. The smallest absolute Gasteiger partial charge is 0.151 e. The number of rotatable bonds is 4. The molecular weight excluding hydrogens is 389 g/mol. The molecule has 0 aliphatic carbocycles. The molecule has 5 rings (SSSR count). The zero-order valence-corrected chi connectivity index (χ0v) is 16.6. The summed E-state index contributed by atoms with van der Waals surface area (Å²) in [7, 11) is 0. The van der Waals surface area contributed by atoms with Crippen molar-refractivity contribution in [1.29, 1.82) is 0 Å². The van der Waals surface area contributed by atoms with E-state index in [1.807, 2.05) is 19.9 Å². The van der Waals surface area contributed by atoms with Gasteiger partial charge in [-0.3, -0.25) is 0 Å². The highest BCUT2D eigenvalue weighted by Crippen LogP contribution is 2.35. The standard InChI is InChI=1S/C22H22FN3O4/c1-11-5-12(2)19-15(6-11)24-10-25-22(19)26-14-4-3-13(23)7-17(14)30-18-9-29-20-16(27)8-28-21(18)20/h3-7,10,16,18,20-21,27H,8-9H2,1-2H3,(H,24,25,26)/t16-,18-,20+,21+/m0/s1. The average molecular weight is 411 g/mol. The summed E-state index contributed by atoms with van der Waals surface area (Å²) in [6.07, 6.45) is -0.428. The highest BCUT2D eigenvalue weighted by molar-refractivity contribution is 5.94. The average Bonchev–Trinajstić information content (AvgIpc) is 3.27. The van der Waals surface area contributed by atoms with Gasteiger partial charge in [-0.25, -0.2) is 14.4 Å². The Morgan fingerprint density at radius 3 is 2.80 bits per heavy atom. The molecule has 1 aromatic heterocycles. The van der Waals surface area contributed by atoms with Gasteiger partial charge in [-0.1, -0.05) is 6.07 Å². The zero-order valence-electron chi connectivity index (χ0n) is 16.6. The number of aryl methyl sites for hydroxylation is 2. The number of benzene rings is 2. The fraction of sp³-hybridized carbons (Fsp3) is 0.364. The molecule has 2 saturated heterocycles. The first-order chi connectivity index (χ1) is 14.5. The van der Waals surface area contributed by atoms with E-state index < -0.39 is 24.1 Å². The number of anilines is 2. The Balaban J connectivity index is 1.47. The van der Waals surface area contributed by atoms with Crippen molar-refractivity contribution in [2.75, 3.05) is 18.5 Å². The van der Waals surface area contributed by atoms with Gasteiger partial charge in [0, 0.05) is 11.5 Å². The minimum absolute atomic E-state index is 0.203. The van der Waals surface area contributed by atoms with E-state index in [0.29, 0.717) is 17.3 Å². The molecule has 0 radical (unpaired) electrons. The molecule has 156 valence electrons. The van der Waals surface area contributed by atoms with Gasteiger partial charge in [0.2, 0.25) is 0 Å². The molecule has 0 spiro atoms. The lowest BCUT2D eigenvalue weighted by atomic mass is 10.1. The van der Waals surface area contributed by atoms with Crippen molar-refractivity contribution in [3.8, 4) is 5.75 Å².